The average molecular weight is 209 g/mol. The molecule has 0 N–H and O–H groups in total. The Morgan fingerprint density at radius 1 is 1.13 bits per heavy atom. The molecule has 0 amide bonds. The highest BCUT2D eigenvalue weighted by Gasteiger charge is 2.11. The van der Waals surface area contributed by atoms with Gasteiger partial charge in [-0.2, -0.15) is 0 Å². The maximum Gasteiger partial charge on any atom is 0.425 e. The molecule has 0 aliphatic carbocycles. The van der Waals surface area contributed by atoms with Crippen LogP contribution in [0, 0.1) is 0 Å². The zero-order valence-corrected chi connectivity index (χ0v) is 8.27. The first-order chi connectivity index (χ1) is 7.21. The van der Waals surface area contributed by atoms with Crippen LogP contribution >= 0.6 is 0 Å². The number of carbonyl (C=O) groups excluding carboxylic acids is 2. The van der Waals surface area contributed by atoms with Gasteiger partial charge in [0.1, 0.15) is 11.5 Å². The molecule has 1 rings (SSSR count). The summed E-state index contributed by atoms with van der Waals surface area (Å²) in [6.45, 7) is 1.06. The van der Waals surface area contributed by atoms with Crippen molar-refractivity contribution in [2.45, 2.75) is 0 Å². The van der Waals surface area contributed by atoms with Crippen LogP contribution < -0.4 is 9.47 Å². The predicted molar refractivity (Wildman–Crippen MR) is 50.7 cm³/mol. The molecule has 0 aliphatic rings. The fourth-order valence-electron chi connectivity index (χ4n) is 1.02. The molecule has 15 heavy (non-hydrogen) atoms. The van der Waals surface area contributed by atoms with Crippen molar-refractivity contribution in [1.29, 1.82) is 0 Å². The number of carbonyl (C=O) groups is 1. The summed E-state index contributed by atoms with van der Waals surface area (Å²) in [4.78, 5) is 21.1. The summed E-state index contributed by atoms with van der Waals surface area (Å²) in [5.74, 6) is 0.0709. The third-order valence-corrected chi connectivity index (χ3v) is 1.72. The van der Waals surface area contributed by atoms with Gasteiger partial charge in [-0.05, 0) is 12.1 Å². The largest absolute Gasteiger partial charge is 0.497 e. The normalized spacial score (nSPS) is 9.20. The third-order valence-electron chi connectivity index (χ3n) is 1.72. The van der Waals surface area contributed by atoms with Gasteiger partial charge < -0.3 is 14.2 Å². The zero-order chi connectivity index (χ0) is 11.3. The second-order valence-electron chi connectivity index (χ2n) is 2.57. The Kier molecular flexibility index (Phi) is 3.68. The van der Waals surface area contributed by atoms with Crippen molar-refractivity contribution >= 4 is 12.4 Å². The van der Waals surface area contributed by atoms with Gasteiger partial charge in [-0.1, -0.05) is 0 Å². The summed E-state index contributed by atoms with van der Waals surface area (Å²) in [6.07, 6.45) is 0. The molecule has 0 saturated heterocycles. The van der Waals surface area contributed by atoms with Crippen LogP contribution in [-0.4, -0.2) is 26.7 Å². The Bertz CT molecular complexity index is 350. The summed E-state index contributed by atoms with van der Waals surface area (Å²) < 4.78 is 13.9. The molecule has 0 atom stereocenters. The molecule has 1 aromatic rings. The van der Waals surface area contributed by atoms with Gasteiger partial charge in [0, 0.05) is 6.07 Å². The molecule has 0 unspecified atom stereocenters. The minimum Gasteiger partial charge on any atom is -0.497 e. The van der Waals surface area contributed by atoms with E-state index >= 15 is 0 Å². The van der Waals surface area contributed by atoms with Gasteiger partial charge in [-0.15, -0.1) is 0 Å². The first-order valence-electron chi connectivity index (χ1n) is 4.02. The highest BCUT2D eigenvalue weighted by molar-refractivity contribution is 5.93. The van der Waals surface area contributed by atoms with E-state index in [2.05, 4.69) is 4.74 Å². The quantitative estimate of drug-likeness (QED) is 0.545. The van der Waals surface area contributed by atoms with Crippen molar-refractivity contribution in [2.75, 3.05) is 14.2 Å². The second-order valence-corrected chi connectivity index (χ2v) is 2.57. The standard InChI is InChI=1S/C10H9O5/c1-13-8-3-7(10(12)15-6-11)4-9(5-8)14-2/h3-5H,1-2H3. The van der Waals surface area contributed by atoms with Crippen LogP contribution in [0.3, 0.4) is 0 Å². The molecule has 5 nitrogen and oxygen atoms in total. The van der Waals surface area contributed by atoms with E-state index in [4.69, 9.17) is 9.47 Å². The van der Waals surface area contributed by atoms with Crippen molar-refractivity contribution in [3.63, 3.8) is 0 Å². The summed E-state index contributed by atoms with van der Waals surface area (Å²) in [5, 5.41) is 0. The lowest BCUT2D eigenvalue weighted by molar-refractivity contribution is 0.0709. The maximum absolute atomic E-state index is 11.2. The molecule has 0 bridgehead atoms. The molecular weight excluding hydrogens is 200 g/mol. The van der Waals surface area contributed by atoms with Crippen LogP contribution in [0.5, 0.6) is 11.5 Å². The summed E-state index contributed by atoms with van der Waals surface area (Å²) in [7, 11) is 2.91. The summed E-state index contributed by atoms with van der Waals surface area (Å²) in [5.41, 5.74) is 0.162. The Hall–Kier alpha value is -2.04. The van der Waals surface area contributed by atoms with Crippen LogP contribution in [-0.2, 0) is 9.53 Å². The van der Waals surface area contributed by atoms with Gasteiger partial charge in [0.05, 0.1) is 19.8 Å². The highest BCUT2D eigenvalue weighted by Crippen LogP contribution is 2.22. The van der Waals surface area contributed by atoms with E-state index in [1.54, 1.807) is 6.07 Å². The van der Waals surface area contributed by atoms with E-state index < -0.39 is 5.97 Å². The highest BCUT2D eigenvalue weighted by atomic mass is 16.6. The number of hydrogen-bond donors (Lipinski definition) is 0. The molecule has 5 heteroatoms. The van der Waals surface area contributed by atoms with Crippen LogP contribution in [0.1, 0.15) is 10.4 Å². The van der Waals surface area contributed by atoms with Crippen molar-refractivity contribution in [1.82, 2.24) is 0 Å². The van der Waals surface area contributed by atoms with E-state index in [-0.39, 0.29) is 5.56 Å². The van der Waals surface area contributed by atoms with Crippen molar-refractivity contribution in [3.8, 4) is 11.5 Å². The lowest BCUT2D eigenvalue weighted by Gasteiger charge is -2.06. The van der Waals surface area contributed by atoms with Crippen molar-refractivity contribution in [3.05, 3.63) is 23.8 Å². The molecular formula is C10H9O5. The molecule has 0 saturated carbocycles. The SMILES string of the molecule is COc1cc(OC)cc(C(=O)O[C]=O)c1. The monoisotopic (exact) mass is 209 g/mol. The Labute approximate surface area is 86.6 Å². The van der Waals surface area contributed by atoms with Crippen LogP contribution in [0.2, 0.25) is 0 Å². The van der Waals surface area contributed by atoms with Gasteiger partial charge in [0.25, 0.3) is 0 Å². The van der Waals surface area contributed by atoms with Gasteiger partial charge in [-0.25, -0.2) is 9.59 Å². The number of hydrogen-bond acceptors (Lipinski definition) is 5. The van der Waals surface area contributed by atoms with Gasteiger partial charge in [0.2, 0.25) is 0 Å². The third kappa shape index (κ3) is 2.70. The maximum atomic E-state index is 11.2. The van der Waals surface area contributed by atoms with Gasteiger partial charge in [-0.3, -0.25) is 0 Å². The van der Waals surface area contributed by atoms with E-state index in [0.29, 0.717) is 11.5 Å². The van der Waals surface area contributed by atoms with E-state index in [1.165, 1.54) is 26.4 Å². The summed E-state index contributed by atoms with van der Waals surface area (Å²) >= 11 is 0. The topological polar surface area (TPSA) is 61.8 Å². The van der Waals surface area contributed by atoms with Crippen molar-refractivity contribution < 1.29 is 23.8 Å². The van der Waals surface area contributed by atoms with E-state index in [9.17, 15) is 9.59 Å². The predicted octanol–water partition coefficient (Wildman–Crippen LogP) is 0.928. The number of benzene rings is 1. The number of methoxy groups -OCH3 is 2. The van der Waals surface area contributed by atoms with Crippen molar-refractivity contribution in [2.24, 2.45) is 0 Å². The van der Waals surface area contributed by atoms with E-state index in [0.717, 1.165) is 6.47 Å². The first kappa shape index (κ1) is 11.0. The molecule has 0 aromatic heterocycles. The fourth-order valence-corrected chi connectivity index (χ4v) is 1.02. The Balaban J connectivity index is 3.06. The number of ether oxygens (including phenoxy) is 3. The van der Waals surface area contributed by atoms with E-state index in [1.807, 2.05) is 0 Å². The molecule has 79 valence electrons. The Morgan fingerprint density at radius 3 is 2.07 bits per heavy atom. The Morgan fingerprint density at radius 2 is 1.67 bits per heavy atom. The summed E-state index contributed by atoms with van der Waals surface area (Å²) in [6, 6.07) is 4.46. The van der Waals surface area contributed by atoms with Gasteiger partial charge in [0.15, 0.2) is 0 Å². The van der Waals surface area contributed by atoms with Crippen LogP contribution in [0.4, 0.5) is 0 Å². The van der Waals surface area contributed by atoms with Crippen LogP contribution in [0.25, 0.3) is 0 Å². The molecule has 1 aromatic carbocycles. The minimum atomic E-state index is -0.804. The average Bonchev–Trinajstić information content (AvgIpc) is 2.28. The minimum absolute atomic E-state index is 0.162. The second kappa shape index (κ2) is 4.99. The van der Waals surface area contributed by atoms with Gasteiger partial charge >= 0.3 is 12.4 Å². The molecule has 1 radical (unpaired) electrons. The fraction of sp³-hybridized carbons (Fsp3) is 0.200. The lowest BCUT2D eigenvalue weighted by atomic mass is 10.2. The molecule has 0 fully saturated rings. The molecule has 0 aliphatic heterocycles. The smallest absolute Gasteiger partial charge is 0.425 e. The van der Waals surface area contributed by atoms with Crippen LogP contribution in [0.15, 0.2) is 18.2 Å². The zero-order valence-electron chi connectivity index (χ0n) is 8.27. The molecule has 0 heterocycles. The molecule has 0 spiro atoms. The first-order valence-corrected chi connectivity index (χ1v) is 4.02. The number of rotatable bonds is 4. The lowest BCUT2D eigenvalue weighted by Crippen LogP contribution is -2.04. The number of esters is 1.